The van der Waals surface area contributed by atoms with Crippen LogP contribution in [0.1, 0.15) is 13.3 Å². The third kappa shape index (κ3) is 8.97. The summed E-state index contributed by atoms with van der Waals surface area (Å²) in [5.41, 5.74) is 0. The molecule has 0 atom stereocenters. The molecule has 0 aliphatic heterocycles. The fourth-order valence-corrected chi connectivity index (χ4v) is 0.800. The van der Waals surface area contributed by atoms with E-state index in [1.807, 2.05) is 6.07 Å². The maximum Gasteiger partial charge on any atom is 0.246 e. The van der Waals surface area contributed by atoms with Gasteiger partial charge in [-0.2, -0.15) is 5.26 Å². The van der Waals surface area contributed by atoms with Gasteiger partial charge in [-0.15, -0.1) is 0 Å². The molecule has 0 aliphatic rings. The Kier molecular flexibility index (Phi) is 9.17. The van der Waals surface area contributed by atoms with Crippen LogP contribution in [0.2, 0.25) is 0 Å². The quantitative estimate of drug-likeness (QED) is 0.413. The molecule has 0 fully saturated rings. The molecule has 0 saturated heterocycles. The molecule has 0 aliphatic carbocycles. The van der Waals surface area contributed by atoms with E-state index in [0.29, 0.717) is 6.61 Å². The minimum atomic E-state index is -0.248. The van der Waals surface area contributed by atoms with Crippen LogP contribution in [0.15, 0.2) is 0 Å². The minimum Gasteiger partial charge on any atom is -0.370 e. The first-order chi connectivity index (χ1) is 6.81. The fraction of sp³-hybridized carbons (Fsp3) is 0.778. The normalized spacial score (nSPS) is 9.43. The first-order valence-electron chi connectivity index (χ1n) is 4.73. The number of hydrogen-bond donors (Lipinski definition) is 2. The Labute approximate surface area is 84.4 Å². The molecule has 2 N–H and O–H groups in total. The van der Waals surface area contributed by atoms with E-state index in [4.69, 9.17) is 10.00 Å². The summed E-state index contributed by atoms with van der Waals surface area (Å²) < 4.78 is 5.06. The molecule has 0 radical (unpaired) electrons. The average molecular weight is 199 g/mol. The summed E-state index contributed by atoms with van der Waals surface area (Å²) in [6, 6.07) is 1.82. The molecule has 80 valence electrons. The van der Waals surface area contributed by atoms with Crippen molar-refractivity contribution in [3.63, 3.8) is 0 Å². The Bertz CT molecular complexity index is 189. The zero-order valence-electron chi connectivity index (χ0n) is 8.51. The van der Waals surface area contributed by atoms with Gasteiger partial charge in [-0.05, 0) is 13.0 Å². The van der Waals surface area contributed by atoms with E-state index < -0.39 is 0 Å². The monoisotopic (exact) mass is 199 g/mol. The standard InChI is InChI=1S/C9H17N3O2/c1-2-4-11-6-7-14-8-9(13)12-5-3-10/h11H,2,4-8H2,1H3,(H,12,13). The molecule has 5 heteroatoms. The maximum atomic E-state index is 10.9. The Morgan fingerprint density at radius 2 is 2.29 bits per heavy atom. The second kappa shape index (κ2) is 9.96. The molecule has 0 aromatic carbocycles. The molecular formula is C9H17N3O2. The second-order valence-electron chi connectivity index (χ2n) is 2.74. The largest absolute Gasteiger partial charge is 0.370 e. The number of nitrogens with zero attached hydrogens (tertiary/aromatic N) is 1. The van der Waals surface area contributed by atoms with E-state index in [9.17, 15) is 4.79 Å². The Morgan fingerprint density at radius 3 is 2.93 bits per heavy atom. The highest BCUT2D eigenvalue weighted by molar-refractivity contribution is 5.77. The lowest BCUT2D eigenvalue weighted by atomic mass is 10.5. The molecular weight excluding hydrogens is 182 g/mol. The molecule has 0 saturated carbocycles. The van der Waals surface area contributed by atoms with Gasteiger partial charge in [0.05, 0.1) is 12.7 Å². The number of nitriles is 1. The van der Waals surface area contributed by atoms with E-state index >= 15 is 0 Å². The Morgan fingerprint density at radius 1 is 1.50 bits per heavy atom. The molecule has 5 nitrogen and oxygen atoms in total. The first kappa shape index (κ1) is 12.9. The van der Waals surface area contributed by atoms with Crippen LogP contribution in [0.5, 0.6) is 0 Å². The van der Waals surface area contributed by atoms with Crippen molar-refractivity contribution in [3.05, 3.63) is 0 Å². The fourth-order valence-electron chi connectivity index (χ4n) is 0.800. The molecule has 0 unspecified atom stereocenters. The van der Waals surface area contributed by atoms with E-state index in [0.717, 1.165) is 19.5 Å². The number of carbonyl (C=O) groups excluding carboxylic acids is 1. The topological polar surface area (TPSA) is 74.2 Å². The average Bonchev–Trinajstić information content (AvgIpc) is 2.20. The van der Waals surface area contributed by atoms with Gasteiger partial charge in [-0.3, -0.25) is 4.79 Å². The number of nitrogens with one attached hydrogen (secondary N) is 2. The molecule has 0 aromatic heterocycles. The van der Waals surface area contributed by atoms with Gasteiger partial charge in [0.25, 0.3) is 0 Å². The predicted molar refractivity (Wildman–Crippen MR) is 52.6 cm³/mol. The zero-order chi connectivity index (χ0) is 10.6. The Balaban J connectivity index is 3.11. The number of hydrogen-bond acceptors (Lipinski definition) is 4. The first-order valence-corrected chi connectivity index (χ1v) is 4.73. The Hall–Kier alpha value is -1.12. The molecule has 0 heterocycles. The number of ether oxygens (including phenoxy) is 1. The molecule has 0 aromatic rings. The van der Waals surface area contributed by atoms with Crippen molar-refractivity contribution in [1.82, 2.24) is 10.6 Å². The number of rotatable bonds is 8. The molecule has 0 rings (SSSR count). The highest BCUT2D eigenvalue weighted by Gasteiger charge is 1.98. The number of carbonyl (C=O) groups is 1. The van der Waals surface area contributed by atoms with Crippen LogP contribution in [-0.4, -0.2) is 38.8 Å². The van der Waals surface area contributed by atoms with E-state index in [2.05, 4.69) is 17.6 Å². The third-order valence-corrected chi connectivity index (χ3v) is 1.45. The van der Waals surface area contributed by atoms with E-state index in [1.165, 1.54) is 0 Å². The lowest BCUT2D eigenvalue weighted by Crippen LogP contribution is -2.29. The van der Waals surface area contributed by atoms with Crippen molar-refractivity contribution in [1.29, 1.82) is 5.26 Å². The van der Waals surface area contributed by atoms with Gasteiger partial charge in [0.15, 0.2) is 0 Å². The van der Waals surface area contributed by atoms with Crippen molar-refractivity contribution in [2.24, 2.45) is 0 Å². The maximum absolute atomic E-state index is 10.9. The summed E-state index contributed by atoms with van der Waals surface area (Å²) in [7, 11) is 0. The highest BCUT2D eigenvalue weighted by Crippen LogP contribution is 1.75. The molecule has 14 heavy (non-hydrogen) atoms. The van der Waals surface area contributed by atoms with Gasteiger partial charge in [-0.1, -0.05) is 6.92 Å². The van der Waals surface area contributed by atoms with Gasteiger partial charge in [0, 0.05) is 6.54 Å². The van der Waals surface area contributed by atoms with Crippen LogP contribution in [0.4, 0.5) is 0 Å². The third-order valence-electron chi connectivity index (χ3n) is 1.45. The smallest absolute Gasteiger partial charge is 0.246 e. The van der Waals surface area contributed by atoms with Crippen molar-refractivity contribution in [2.45, 2.75) is 13.3 Å². The summed E-state index contributed by atoms with van der Waals surface area (Å²) in [5, 5.41) is 13.7. The van der Waals surface area contributed by atoms with Crippen molar-refractivity contribution >= 4 is 5.91 Å². The van der Waals surface area contributed by atoms with Gasteiger partial charge in [0.2, 0.25) is 5.91 Å². The van der Waals surface area contributed by atoms with Crippen LogP contribution in [0.25, 0.3) is 0 Å². The predicted octanol–water partition coefficient (Wildman–Crippen LogP) is -0.358. The van der Waals surface area contributed by atoms with E-state index in [1.54, 1.807) is 0 Å². The lowest BCUT2D eigenvalue weighted by Gasteiger charge is -2.04. The van der Waals surface area contributed by atoms with Crippen molar-refractivity contribution in [2.75, 3.05) is 32.8 Å². The molecule has 0 bridgehead atoms. The molecule has 0 spiro atoms. The summed E-state index contributed by atoms with van der Waals surface area (Å²) >= 11 is 0. The molecule has 1 amide bonds. The summed E-state index contributed by atoms with van der Waals surface area (Å²) in [4.78, 5) is 10.9. The highest BCUT2D eigenvalue weighted by atomic mass is 16.5. The SMILES string of the molecule is CCCNCCOCC(=O)NCC#N. The van der Waals surface area contributed by atoms with Crippen molar-refractivity contribution < 1.29 is 9.53 Å². The van der Waals surface area contributed by atoms with Gasteiger partial charge in [0.1, 0.15) is 13.2 Å². The van der Waals surface area contributed by atoms with Crippen LogP contribution in [0, 0.1) is 11.3 Å². The van der Waals surface area contributed by atoms with Gasteiger partial charge >= 0.3 is 0 Å². The van der Waals surface area contributed by atoms with Crippen LogP contribution in [0.3, 0.4) is 0 Å². The second-order valence-corrected chi connectivity index (χ2v) is 2.74. The minimum absolute atomic E-state index is 0.0233. The summed E-state index contributed by atoms with van der Waals surface area (Å²) in [5.74, 6) is -0.248. The van der Waals surface area contributed by atoms with Crippen LogP contribution < -0.4 is 10.6 Å². The summed E-state index contributed by atoms with van der Waals surface area (Å²) in [6.07, 6.45) is 1.09. The lowest BCUT2D eigenvalue weighted by molar-refractivity contribution is -0.125. The van der Waals surface area contributed by atoms with Crippen molar-refractivity contribution in [3.8, 4) is 6.07 Å². The van der Waals surface area contributed by atoms with Crippen LogP contribution in [-0.2, 0) is 9.53 Å². The number of amides is 1. The van der Waals surface area contributed by atoms with Crippen LogP contribution >= 0.6 is 0 Å². The zero-order valence-corrected chi connectivity index (χ0v) is 8.51. The summed E-state index contributed by atoms with van der Waals surface area (Å²) in [6.45, 7) is 4.37. The van der Waals surface area contributed by atoms with Gasteiger partial charge in [-0.25, -0.2) is 0 Å². The van der Waals surface area contributed by atoms with Gasteiger partial charge < -0.3 is 15.4 Å². The van der Waals surface area contributed by atoms with E-state index in [-0.39, 0.29) is 19.1 Å².